The number of amides is 2. The summed E-state index contributed by atoms with van der Waals surface area (Å²) >= 11 is 0. The number of halogens is 1. The Hall–Kier alpha value is -3.93. The number of ether oxygens (including phenoxy) is 1. The van der Waals surface area contributed by atoms with Gasteiger partial charge in [-0.15, -0.1) is 0 Å². The predicted molar refractivity (Wildman–Crippen MR) is 113 cm³/mol. The van der Waals surface area contributed by atoms with Crippen LogP contribution in [0.25, 0.3) is 5.57 Å². The lowest BCUT2D eigenvalue weighted by Crippen LogP contribution is -2.32. The molecule has 4 rings (SSSR count). The van der Waals surface area contributed by atoms with Crippen molar-refractivity contribution >= 4 is 28.8 Å². The molecule has 0 aliphatic carbocycles. The monoisotopic (exact) mass is 402 g/mol. The van der Waals surface area contributed by atoms with Crippen LogP contribution >= 0.6 is 0 Å². The first-order valence-electron chi connectivity index (χ1n) is 9.52. The van der Waals surface area contributed by atoms with Gasteiger partial charge in [0.1, 0.15) is 17.3 Å². The first-order chi connectivity index (χ1) is 14.6. The van der Waals surface area contributed by atoms with Crippen LogP contribution in [0.5, 0.6) is 5.75 Å². The third kappa shape index (κ3) is 3.67. The molecule has 1 heterocycles. The van der Waals surface area contributed by atoms with E-state index in [-0.39, 0.29) is 11.3 Å². The highest BCUT2D eigenvalue weighted by atomic mass is 19.1. The maximum atomic E-state index is 13.4. The number of rotatable bonds is 6. The number of benzene rings is 3. The lowest BCUT2D eigenvalue weighted by Gasteiger charge is -2.16. The summed E-state index contributed by atoms with van der Waals surface area (Å²) in [7, 11) is 0. The molecule has 1 N–H and O–H groups in total. The van der Waals surface area contributed by atoms with Crippen LogP contribution in [0.2, 0.25) is 0 Å². The fraction of sp³-hybridized carbons (Fsp3) is 0.0833. The normalized spacial score (nSPS) is 13.7. The van der Waals surface area contributed by atoms with Crippen LogP contribution in [0.15, 0.2) is 84.6 Å². The summed E-state index contributed by atoms with van der Waals surface area (Å²) in [5.74, 6) is -0.728. The van der Waals surface area contributed by atoms with Gasteiger partial charge in [0.15, 0.2) is 0 Å². The average Bonchev–Trinajstić information content (AvgIpc) is 3.00. The lowest BCUT2D eigenvalue weighted by molar-refractivity contribution is -0.120. The second-order valence-electron chi connectivity index (χ2n) is 6.62. The summed E-state index contributed by atoms with van der Waals surface area (Å²) in [6.07, 6.45) is 0. The highest BCUT2D eigenvalue weighted by molar-refractivity contribution is 6.46. The lowest BCUT2D eigenvalue weighted by atomic mass is 10.0. The van der Waals surface area contributed by atoms with E-state index >= 15 is 0 Å². The molecule has 0 atom stereocenters. The number of hydrogen-bond acceptors (Lipinski definition) is 4. The number of anilines is 2. The molecule has 1 aliphatic rings. The number of carbonyl (C=O) groups is 2. The number of para-hydroxylation sites is 1. The SMILES string of the molecule is CCOc1ccc(N2C(=O)C(Nc3ccccc3)=C(c3ccc(F)cc3)C2=O)cc1. The van der Waals surface area contributed by atoms with E-state index < -0.39 is 17.6 Å². The first kappa shape index (κ1) is 19.4. The van der Waals surface area contributed by atoms with Crippen LogP contribution in [0.4, 0.5) is 15.8 Å². The molecule has 0 fully saturated rings. The second kappa shape index (κ2) is 8.21. The summed E-state index contributed by atoms with van der Waals surface area (Å²) in [5.41, 5.74) is 1.89. The largest absolute Gasteiger partial charge is 0.494 e. The third-order valence-corrected chi connectivity index (χ3v) is 4.67. The molecule has 3 aromatic carbocycles. The molecule has 30 heavy (non-hydrogen) atoms. The average molecular weight is 402 g/mol. The zero-order chi connectivity index (χ0) is 21.1. The van der Waals surface area contributed by atoms with Gasteiger partial charge in [0.25, 0.3) is 11.8 Å². The molecule has 5 nitrogen and oxygen atoms in total. The molecule has 0 saturated heterocycles. The Morgan fingerprint density at radius 2 is 1.53 bits per heavy atom. The Balaban J connectivity index is 1.76. The van der Waals surface area contributed by atoms with Crippen LogP contribution in [0, 0.1) is 5.82 Å². The van der Waals surface area contributed by atoms with Crippen LogP contribution in [0.3, 0.4) is 0 Å². The molecular formula is C24H19FN2O3. The van der Waals surface area contributed by atoms with Crippen molar-refractivity contribution in [1.82, 2.24) is 0 Å². The summed E-state index contributed by atoms with van der Waals surface area (Å²) in [4.78, 5) is 27.7. The Morgan fingerprint density at radius 3 is 2.17 bits per heavy atom. The smallest absolute Gasteiger partial charge is 0.282 e. The zero-order valence-corrected chi connectivity index (χ0v) is 16.3. The second-order valence-corrected chi connectivity index (χ2v) is 6.62. The third-order valence-electron chi connectivity index (χ3n) is 4.67. The molecular weight excluding hydrogens is 383 g/mol. The number of hydrogen-bond donors (Lipinski definition) is 1. The van der Waals surface area contributed by atoms with Crippen molar-refractivity contribution in [3.63, 3.8) is 0 Å². The Morgan fingerprint density at radius 1 is 0.867 bits per heavy atom. The van der Waals surface area contributed by atoms with Gasteiger partial charge in [-0.3, -0.25) is 9.59 Å². The number of nitrogens with zero attached hydrogens (tertiary/aromatic N) is 1. The standard InChI is InChI=1S/C24H19FN2O3/c1-2-30-20-14-12-19(13-15-20)27-23(28)21(16-8-10-17(25)11-9-16)22(24(27)29)26-18-6-4-3-5-7-18/h3-15,26H,2H2,1H3. The molecule has 6 heteroatoms. The molecule has 0 spiro atoms. The van der Waals surface area contributed by atoms with Gasteiger partial charge in [-0.25, -0.2) is 9.29 Å². The molecule has 0 radical (unpaired) electrons. The highest BCUT2D eigenvalue weighted by Crippen LogP contribution is 2.34. The minimum absolute atomic E-state index is 0.145. The van der Waals surface area contributed by atoms with E-state index in [0.29, 0.717) is 29.3 Å². The van der Waals surface area contributed by atoms with Crippen LogP contribution in [0.1, 0.15) is 12.5 Å². The topological polar surface area (TPSA) is 58.6 Å². The van der Waals surface area contributed by atoms with Gasteiger partial charge < -0.3 is 10.1 Å². The molecule has 150 valence electrons. The highest BCUT2D eigenvalue weighted by Gasteiger charge is 2.40. The molecule has 0 unspecified atom stereocenters. The fourth-order valence-corrected chi connectivity index (χ4v) is 3.29. The Kier molecular flexibility index (Phi) is 5.30. The molecule has 0 bridgehead atoms. The first-order valence-corrected chi connectivity index (χ1v) is 9.52. The van der Waals surface area contributed by atoms with E-state index in [0.717, 1.165) is 4.90 Å². The van der Waals surface area contributed by atoms with E-state index in [9.17, 15) is 14.0 Å². The van der Waals surface area contributed by atoms with Gasteiger partial charge in [0.2, 0.25) is 0 Å². The summed E-state index contributed by atoms with van der Waals surface area (Å²) in [5, 5.41) is 3.06. The molecule has 0 saturated carbocycles. The van der Waals surface area contributed by atoms with Crippen molar-refractivity contribution in [2.75, 3.05) is 16.8 Å². The van der Waals surface area contributed by atoms with E-state index in [2.05, 4.69) is 5.32 Å². The summed E-state index contributed by atoms with van der Waals surface area (Å²) < 4.78 is 18.9. The zero-order valence-electron chi connectivity index (χ0n) is 16.3. The minimum Gasteiger partial charge on any atom is -0.494 e. The van der Waals surface area contributed by atoms with E-state index in [1.54, 1.807) is 36.4 Å². The summed E-state index contributed by atoms with van der Waals surface area (Å²) in [6.45, 7) is 2.39. The van der Waals surface area contributed by atoms with Gasteiger partial charge in [0.05, 0.1) is 17.9 Å². The van der Waals surface area contributed by atoms with E-state index in [1.807, 2.05) is 25.1 Å². The van der Waals surface area contributed by atoms with Crippen molar-refractivity contribution < 1.29 is 18.7 Å². The van der Waals surface area contributed by atoms with Crippen LogP contribution < -0.4 is 15.0 Å². The van der Waals surface area contributed by atoms with Crippen LogP contribution in [-0.4, -0.2) is 18.4 Å². The van der Waals surface area contributed by atoms with Crippen molar-refractivity contribution in [3.05, 3.63) is 95.9 Å². The van der Waals surface area contributed by atoms with Crippen LogP contribution in [-0.2, 0) is 9.59 Å². The maximum absolute atomic E-state index is 13.4. The van der Waals surface area contributed by atoms with Gasteiger partial charge in [-0.05, 0) is 61.0 Å². The van der Waals surface area contributed by atoms with Crippen molar-refractivity contribution in [2.24, 2.45) is 0 Å². The maximum Gasteiger partial charge on any atom is 0.282 e. The molecule has 0 aromatic heterocycles. The Bertz CT molecular complexity index is 1110. The minimum atomic E-state index is -0.479. The summed E-state index contributed by atoms with van der Waals surface area (Å²) in [6, 6.07) is 21.3. The number of imide groups is 1. The van der Waals surface area contributed by atoms with Crippen molar-refractivity contribution in [1.29, 1.82) is 0 Å². The Labute approximate surface area is 173 Å². The van der Waals surface area contributed by atoms with Gasteiger partial charge in [-0.1, -0.05) is 30.3 Å². The molecule has 2 amide bonds. The van der Waals surface area contributed by atoms with E-state index in [1.165, 1.54) is 24.3 Å². The number of nitrogens with one attached hydrogen (secondary N) is 1. The predicted octanol–water partition coefficient (Wildman–Crippen LogP) is 4.62. The van der Waals surface area contributed by atoms with Crippen molar-refractivity contribution in [2.45, 2.75) is 6.92 Å². The molecule has 1 aliphatic heterocycles. The van der Waals surface area contributed by atoms with E-state index in [4.69, 9.17) is 4.74 Å². The fourth-order valence-electron chi connectivity index (χ4n) is 3.29. The molecule has 3 aromatic rings. The quantitative estimate of drug-likeness (QED) is 0.611. The van der Waals surface area contributed by atoms with Crippen molar-refractivity contribution in [3.8, 4) is 5.75 Å². The van der Waals surface area contributed by atoms with Gasteiger partial charge in [0, 0.05) is 5.69 Å². The number of carbonyl (C=O) groups excluding carboxylic acids is 2. The van der Waals surface area contributed by atoms with Gasteiger partial charge in [-0.2, -0.15) is 0 Å². The van der Waals surface area contributed by atoms with Gasteiger partial charge >= 0.3 is 0 Å².